The SMILES string of the molecule is CCOC(=O)CCNC(=O)NC1CC(=O)N(C(C)(C)C)C1. The van der Waals surface area contributed by atoms with Gasteiger partial charge in [-0.2, -0.15) is 0 Å². The number of rotatable bonds is 5. The molecule has 1 fully saturated rings. The zero-order valence-electron chi connectivity index (χ0n) is 13.2. The van der Waals surface area contributed by atoms with E-state index in [0.29, 0.717) is 19.6 Å². The molecule has 1 saturated heterocycles. The number of ether oxygens (including phenoxy) is 1. The molecule has 1 aliphatic heterocycles. The molecule has 0 bridgehead atoms. The lowest BCUT2D eigenvalue weighted by molar-refractivity contribution is -0.142. The molecule has 1 atom stereocenters. The Balaban J connectivity index is 2.30. The Hall–Kier alpha value is -1.79. The van der Waals surface area contributed by atoms with Crippen LogP contribution in [0.4, 0.5) is 4.79 Å². The summed E-state index contributed by atoms with van der Waals surface area (Å²) in [6, 6.07) is -0.563. The van der Waals surface area contributed by atoms with E-state index in [0.717, 1.165) is 0 Å². The van der Waals surface area contributed by atoms with Crippen molar-refractivity contribution in [3.05, 3.63) is 0 Å². The molecule has 1 heterocycles. The van der Waals surface area contributed by atoms with E-state index in [1.165, 1.54) is 0 Å². The Morgan fingerprint density at radius 1 is 1.38 bits per heavy atom. The van der Waals surface area contributed by atoms with Gasteiger partial charge < -0.3 is 20.3 Å². The van der Waals surface area contributed by atoms with Crippen LogP contribution < -0.4 is 10.6 Å². The predicted octanol–water partition coefficient (Wildman–Crippen LogP) is 0.638. The Morgan fingerprint density at radius 2 is 2.05 bits per heavy atom. The Labute approximate surface area is 125 Å². The lowest BCUT2D eigenvalue weighted by atomic mass is 10.1. The molecule has 120 valence electrons. The van der Waals surface area contributed by atoms with E-state index in [4.69, 9.17) is 4.74 Å². The highest BCUT2D eigenvalue weighted by Gasteiger charge is 2.36. The Bertz CT molecular complexity index is 404. The summed E-state index contributed by atoms with van der Waals surface area (Å²) in [7, 11) is 0. The van der Waals surface area contributed by atoms with E-state index in [9.17, 15) is 14.4 Å². The topological polar surface area (TPSA) is 87.7 Å². The molecule has 0 saturated carbocycles. The van der Waals surface area contributed by atoms with Crippen molar-refractivity contribution in [3.8, 4) is 0 Å². The molecule has 3 amide bonds. The largest absolute Gasteiger partial charge is 0.466 e. The van der Waals surface area contributed by atoms with Crippen molar-refractivity contribution >= 4 is 17.9 Å². The molecule has 0 spiro atoms. The summed E-state index contributed by atoms with van der Waals surface area (Å²) >= 11 is 0. The van der Waals surface area contributed by atoms with E-state index < -0.39 is 0 Å². The minimum atomic E-state index is -0.368. The van der Waals surface area contributed by atoms with Gasteiger partial charge in [-0.05, 0) is 27.7 Å². The van der Waals surface area contributed by atoms with Gasteiger partial charge in [-0.25, -0.2) is 4.79 Å². The fourth-order valence-corrected chi connectivity index (χ4v) is 2.20. The van der Waals surface area contributed by atoms with Crippen molar-refractivity contribution in [3.63, 3.8) is 0 Å². The molecule has 7 nitrogen and oxygen atoms in total. The second kappa shape index (κ2) is 7.28. The van der Waals surface area contributed by atoms with Crippen molar-refractivity contribution in [2.75, 3.05) is 19.7 Å². The minimum Gasteiger partial charge on any atom is -0.466 e. The first-order valence-corrected chi connectivity index (χ1v) is 7.24. The summed E-state index contributed by atoms with van der Waals surface area (Å²) in [4.78, 5) is 36.5. The van der Waals surface area contributed by atoms with Gasteiger partial charge in [-0.3, -0.25) is 9.59 Å². The summed E-state index contributed by atoms with van der Waals surface area (Å²) in [6.45, 7) is 8.68. The third kappa shape index (κ3) is 5.61. The van der Waals surface area contributed by atoms with E-state index in [1.807, 2.05) is 20.8 Å². The Morgan fingerprint density at radius 3 is 2.57 bits per heavy atom. The first kappa shape index (κ1) is 17.3. The quantitative estimate of drug-likeness (QED) is 0.729. The molecule has 1 rings (SSSR count). The van der Waals surface area contributed by atoms with Gasteiger partial charge in [0.2, 0.25) is 5.91 Å². The highest BCUT2D eigenvalue weighted by molar-refractivity contribution is 5.82. The van der Waals surface area contributed by atoms with Gasteiger partial charge in [0.05, 0.1) is 19.1 Å². The molecule has 0 aliphatic carbocycles. The van der Waals surface area contributed by atoms with Crippen molar-refractivity contribution < 1.29 is 19.1 Å². The maximum atomic E-state index is 11.9. The van der Waals surface area contributed by atoms with Gasteiger partial charge in [-0.15, -0.1) is 0 Å². The van der Waals surface area contributed by atoms with Gasteiger partial charge in [0, 0.05) is 25.0 Å². The second-order valence-electron chi connectivity index (χ2n) is 6.03. The van der Waals surface area contributed by atoms with E-state index in [1.54, 1.807) is 11.8 Å². The fourth-order valence-electron chi connectivity index (χ4n) is 2.20. The highest BCUT2D eigenvalue weighted by atomic mass is 16.5. The van der Waals surface area contributed by atoms with Crippen LogP contribution in [0.15, 0.2) is 0 Å². The summed E-state index contributed by atoms with van der Waals surface area (Å²) < 4.78 is 4.76. The van der Waals surface area contributed by atoms with Crippen LogP contribution in [-0.2, 0) is 14.3 Å². The number of likely N-dealkylation sites (tertiary alicyclic amines) is 1. The summed E-state index contributed by atoms with van der Waals surface area (Å²) in [6.07, 6.45) is 0.446. The average Bonchev–Trinajstić information content (AvgIpc) is 2.70. The molecule has 7 heteroatoms. The number of carbonyl (C=O) groups is 3. The van der Waals surface area contributed by atoms with Crippen LogP contribution >= 0.6 is 0 Å². The van der Waals surface area contributed by atoms with Crippen LogP contribution in [0.1, 0.15) is 40.5 Å². The summed E-state index contributed by atoms with van der Waals surface area (Å²) in [5.74, 6) is -0.299. The van der Waals surface area contributed by atoms with E-state index >= 15 is 0 Å². The van der Waals surface area contributed by atoms with Crippen LogP contribution in [0.3, 0.4) is 0 Å². The standard InChI is InChI=1S/C14H25N3O4/c1-5-21-12(19)6-7-15-13(20)16-10-8-11(18)17(9-10)14(2,3)4/h10H,5-9H2,1-4H3,(H2,15,16,20). The summed E-state index contributed by atoms with van der Waals surface area (Å²) in [5.41, 5.74) is -0.242. The molecular weight excluding hydrogens is 274 g/mol. The van der Waals surface area contributed by atoms with Crippen LogP contribution in [0.25, 0.3) is 0 Å². The fraction of sp³-hybridized carbons (Fsp3) is 0.786. The zero-order chi connectivity index (χ0) is 16.0. The Kier molecular flexibility index (Phi) is 5.99. The lowest BCUT2D eigenvalue weighted by Crippen LogP contribution is -2.46. The maximum absolute atomic E-state index is 11.9. The van der Waals surface area contributed by atoms with Crippen molar-refractivity contribution in [1.29, 1.82) is 0 Å². The lowest BCUT2D eigenvalue weighted by Gasteiger charge is -2.32. The van der Waals surface area contributed by atoms with Crippen LogP contribution in [-0.4, -0.2) is 54.1 Å². The first-order chi connectivity index (χ1) is 9.74. The molecule has 0 aromatic carbocycles. The normalized spacial score (nSPS) is 18.6. The van der Waals surface area contributed by atoms with Crippen molar-refractivity contribution in [2.24, 2.45) is 0 Å². The molecule has 2 N–H and O–H groups in total. The molecule has 1 unspecified atom stereocenters. The van der Waals surface area contributed by atoms with Crippen LogP contribution in [0, 0.1) is 0 Å². The molecule has 0 aromatic rings. The first-order valence-electron chi connectivity index (χ1n) is 7.24. The molecule has 0 aromatic heterocycles. The average molecular weight is 299 g/mol. The van der Waals surface area contributed by atoms with Crippen molar-refractivity contribution in [2.45, 2.75) is 52.1 Å². The number of urea groups is 1. The number of nitrogens with one attached hydrogen (secondary N) is 2. The molecule has 1 aliphatic rings. The van der Waals surface area contributed by atoms with Crippen molar-refractivity contribution in [1.82, 2.24) is 15.5 Å². The number of carbonyl (C=O) groups excluding carboxylic acids is 3. The van der Waals surface area contributed by atoms with Crippen LogP contribution in [0.2, 0.25) is 0 Å². The van der Waals surface area contributed by atoms with E-state index in [-0.39, 0.29) is 42.5 Å². The van der Waals surface area contributed by atoms with Gasteiger partial charge in [0.15, 0.2) is 0 Å². The highest BCUT2D eigenvalue weighted by Crippen LogP contribution is 2.21. The predicted molar refractivity (Wildman–Crippen MR) is 77.7 cm³/mol. The third-order valence-corrected chi connectivity index (χ3v) is 3.19. The summed E-state index contributed by atoms with van der Waals surface area (Å²) in [5, 5.41) is 5.34. The van der Waals surface area contributed by atoms with Gasteiger partial charge in [-0.1, -0.05) is 0 Å². The van der Waals surface area contributed by atoms with Gasteiger partial charge >= 0.3 is 12.0 Å². The second-order valence-corrected chi connectivity index (χ2v) is 6.03. The number of hydrogen-bond acceptors (Lipinski definition) is 4. The molecule has 0 radical (unpaired) electrons. The molecule has 21 heavy (non-hydrogen) atoms. The monoisotopic (exact) mass is 299 g/mol. The number of esters is 1. The third-order valence-electron chi connectivity index (χ3n) is 3.19. The number of amides is 3. The smallest absolute Gasteiger partial charge is 0.315 e. The molecular formula is C14H25N3O4. The number of hydrogen-bond donors (Lipinski definition) is 2. The number of nitrogens with zero attached hydrogens (tertiary/aromatic N) is 1. The minimum absolute atomic E-state index is 0.0410. The van der Waals surface area contributed by atoms with E-state index in [2.05, 4.69) is 10.6 Å². The van der Waals surface area contributed by atoms with Gasteiger partial charge in [0.1, 0.15) is 0 Å². The zero-order valence-corrected chi connectivity index (χ0v) is 13.2. The maximum Gasteiger partial charge on any atom is 0.315 e. The van der Waals surface area contributed by atoms with Gasteiger partial charge in [0.25, 0.3) is 0 Å². The van der Waals surface area contributed by atoms with Crippen LogP contribution in [0.5, 0.6) is 0 Å².